The quantitative estimate of drug-likeness (QED) is 0.682. The van der Waals surface area contributed by atoms with Gasteiger partial charge in [0.1, 0.15) is 0 Å². The lowest BCUT2D eigenvalue weighted by Gasteiger charge is -2.34. The van der Waals surface area contributed by atoms with Gasteiger partial charge >= 0.3 is 0 Å². The number of rotatable bonds is 7. The Morgan fingerprint density at radius 2 is 1.77 bits per heavy atom. The standard InChI is InChI=1S/C14H28N4O3S/c1-2-17-9-11-18(12-10-17)14(19)7-8-15-22(20,21)16-13-5-3-4-6-13/h13,15-16H,2-12H2,1H3. The van der Waals surface area contributed by atoms with Gasteiger partial charge in [-0.05, 0) is 19.4 Å². The maximum Gasteiger partial charge on any atom is 0.277 e. The highest BCUT2D eigenvalue weighted by molar-refractivity contribution is 7.87. The maximum atomic E-state index is 12.1. The highest BCUT2D eigenvalue weighted by Crippen LogP contribution is 2.18. The molecule has 128 valence electrons. The average molecular weight is 332 g/mol. The minimum atomic E-state index is -3.48. The summed E-state index contributed by atoms with van der Waals surface area (Å²) in [5.41, 5.74) is 0. The van der Waals surface area contributed by atoms with Crippen molar-refractivity contribution >= 4 is 16.1 Å². The van der Waals surface area contributed by atoms with E-state index in [0.717, 1.165) is 58.4 Å². The number of likely N-dealkylation sites (N-methyl/N-ethyl adjacent to an activating group) is 1. The fraction of sp³-hybridized carbons (Fsp3) is 0.929. The van der Waals surface area contributed by atoms with E-state index in [2.05, 4.69) is 21.3 Å². The van der Waals surface area contributed by atoms with Gasteiger partial charge in [-0.2, -0.15) is 13.1 Å². The largest absolute Gasteiger partial charge is 0.340 e. The normalized spacial score (nSPS) is 21.4. The topological polar surface area (TPSA) is 81.8 Å². The van der Waals surface area contributed by atoms with Gasteiger partial charge in [0.25, 0.3) is 10.2 Å². The third-order valence-corrected chi connectivity index (χ3v) is 5.71. The molecule has 0 aromatic carbocycles. The fourth-order valence-corrected chi connectivity index (χ4v) is 4.20. The van der Waals surface area contributed by atoms with Gasteiger partial charge in [0.15, 0.2) is 0 Å². The molecule has 2 fully saturated rings. The van der Waals surface area contributed by atoms with Gasteiger partial charge in [0, 0.05) is 45.2 Å². The first-order valence-electron chi connectivity index (χ1n) is 8.27. The number of carbonyl (C=O) groups excluding carboxylic acids is 1. The average Bonchev–Trinajstić information content (AvgIpc) is 2.99. The zero-order valence-electron chi connectivity index (χ0n) is 13.4. The Hall–Kier alpha value is -0.700. The fourth-order valence-electron chi connectivity index (χ4n) is 3.07. The van der Waals surface area contributed by atoms with E-state index in [-0.39, 0.29) is 24.9 Å². The highest BCUT2D eigenvalue weighted by Gasteiger charge is 2.22. The molecular weight excluding hydrogens is 304 g/mol. The number of carbonyl (C=O) groups is 1. The molecule has 0 aromatic heterocycles. The predicted molar refractivity (Wildman–Crippen MR) is 85.6 cm³/mol. The molecule has 0 aromatic rings. The molecule has 1 aliphatic carbocycles. The molecule has 2 rings (SSSR count). The van der Waals surface area contributed by atoms with Gasteiger partial charge in [-0.3, -0.25) is 4.79 Å². The molecule has 2 N–H and O–H groups in total. The van der Waals surface area contributed by atoms with Crippen LogP contribution in [-0.2, 0) is 15.0 Å². The highest BCUT2D eigenvalue weighted by atomic mass is 32.2. The van der Waals surface area contributed by atoms with Gasteiger partial charge in [-0.1, -0.05) is 19.8 Å². The summed E-state index contributed by atoms with van der Waals surface area (Å²) in [6.07, 6.45) is 4.19. The molecule has 1 heterocycles. The van der Waals surface area contributed by atoms with Gasteiger partial charge in [-0.15, -0.1) is 0 Å². The van der Waals surface area contributed by atoms with Crippen LogP contribution in [0.15, 0.2) is 0 Å². The summed E-state index contributed by atoms with van der Waals surface area (Å²) in [5.74, 6) is 0.0271. The van der Waals surface area contributed by atoms with Crippen LogP contribution in [0.5, 0.6) is 0 Å². The van der Waals surface area contributed by atoms with Crippen molar-refractivity contribution in [1.82, 2.24) is 19.2 Å². The van der Waals surface area contributed by atoms with Crippen LogP contribution in [0, 0.1) is 0 Å². The number of piperazine rings is 1. The zero-order valence-corrected chi connectivity index (χ0v) is 14.2. The Balaban J connectivity index is 1.66. The van der Waals surface area contributed by atoms with Crippen molar-refractivity contribution in [3.63, 3.8) is 0 Å². The zero-order chi connectivity index (χ0) is 16.0. The number of amides is 1. The molecule has 1 aliphatic heterocycles. The van der Waals surface area contributed by atoms with Crippen LogP contribution < -0.4 is 9.44 Å². The molecule has 0 bridgehead atoms. The summed E-state index contributed by atoms with van der Waals surface area (Å²) in [5, 5.41) is 0. The van der Waals surface area contributed by atoms with E-state index in [1.165, 1.54) is 0 Å². The van der Waals surface area contributed by atoms with Crippen molar-refractivity contribution in [2.45, 2.75) is 45.1 Å². The molecule has 2 aliphatic rings. The van der Waals surface area contributed by atoms with Crippen LogP contribution in [-0.4, -0.2) is 69.4 Å². The van der Waals surface area contributed by atoms with Crippen LogP contribution in [0.4, 0.5) is 0 Å². The van der Waals surface area contributed by atoms with E-state index in [4.69, 9.17) is 0 Å². The van der Waals surface area contributed by atoms with Crippen LogP contribution >= 0.6 is 0 Å². The Morgan fingerprint density at radius 3 is 2.36 bits per heavy atom. The molecule has 0 unspecified atom stereocenters. The van der Waals surface area contributed by atoms with E-state index in [0.29, 0.717) is 0 Å². The maximum absolute atomic E-state index is 12.1. The summed E-state index contributed by atoms with van der Waals surface area (Å²) in [6, 6.07) is 0.0512. The second-order valence-electron chi connectivity index (χ2n) is 6.06. The number of nitrogens with zero attached hydrogens (tertiary/aromatic N) is 2. The van der Waals surface area contributed by atoms with E-state index in [1.54, 1.807) is 0 Å². The smallest absolute Gasteiger partial charge is 0.277 e. The van der Waals surface area contributed by atoms with Gasteiger partial charge in [-0.25, -0.2) is 4.72 Å². The Bertz CT molecular complexity index is 455. The number of nitrogens with one attached hydrogen (secondary N) is 2. The van der Waals surface area contributed by atoms with Crippen molar-refractivity contribution in [2.75, 3.05) is 39.3 Å². The molecule has 22 heavy (non-hydrogen) atoms. The second-order valence-corrected chi connectivity index (χ2v) is 7.59. The van der Waals surface area contributed by atoms with Crippen LogP contribution in [0.3, 0.4) is 0 Å². The van der Waals surface area contributed by atoms with E-state index in [1.807, 2.05) is 4.90 Å². The molecule has 0 spiro atoms. The van der Waals surface area contributed by atoms with E-state index in [9.17, 15) is 13.2 Å². The molecule has 7 nitrogen and oxygen atoms in total. The van der Waals surface area contributed by atoms with Crippen molar-refractivity contribution in [2.24, 2.45) is 0 Å². The second kappa shape index (κ2) is 8.24. The summed E-state index contributed by atoms with van der Waals surface area (Å²) < 4.78 is 28.9. The summed E-state index contributed by atoms with van der Waals surface area (Å²) in [6.45, 7) is 6.56. The summed E-state index contributed by atoms with van der Waals surface area (Å²) in [4.78, 5) is 16.2. The minimum Gasteiger partial charge on any atom is -0.340 e. The predicted octanol–water partition coefficient (Wildman–Crippen LogP) is -0.0928. The molecule has 0 atom stereocenters. The van der Waals surface area contributed by atoms with Crippen LogP contribution in [0.1, 0.15) is 39.0 Å². The lowest BCUT2D eigenvalue weighted by atomic mass is 10.3. The van der Waals surface area contributed by atoms with Crippen molar-refractivity contribution in [3.05, 3.63) is 0 Å². The lowest BCUT2D eigenvalue weighted by Crippen LogP contribution is -2.49. The van der Waals surface area contributed by atoms with E-state index >= 15 is 0 Å². The first kappa shape index (κ1) is 17.7. The Labute approximate surface area is 133 Å². The summed E-state index contributed by atoms with van der Waals surface area (Å²) in [7, 11) is -3.48. The Morgan fingerprint density at radius 1 is 1.14 bits per heavy atom. The van der Waals surface area contributed by atoms with Crippen LogP contribution in [0.25, 0.3) is 0 Å². The molecular formula is C14H28N4O3S. The summed E-state index contributed by atoms with van der Waals surface area (Å²) >= 11 is 0. The monoisotopic (exact) mass is 332 g/mol. The Kier molecular flexibility index (Phi) is 6.61. The van der Waals surface area contributed by atoms with Crippen LogP contribution in [0.2, 0.25) is 0 Å². The lowest BCUT2D eigenvalue weighted by molar-refractivity contribution is -0.132. The van der Waals surface area contributed by atoms with Gasteiger partial charge < -0.3 is 9.80 Å². The number of hydrogen-bond acceptors (Lipinski definition) is 4. The first-order valence-corrected chi connectivity index (χ1v) is 9.75. The molecule has 0 radical (unpaired) electrons. The van der Waals surface area contributed by atoms with Crippen molar-refractivity contribution in [1.29, 1.82) is 0 Å². The van der Waals surface area contributed by atoms with Crippen molar-refractivity contribution in [3.8, 4) is 0 Å². The molecule has 1 saturated heterocycles. The third kappa shape index (κ3) is 5.49. The molecule has 1 amide bonds. The minimum absolute atomic E-state index is 0.0271. The first-order chi connectivity index (χ1) is 10.5. The molecule has 1 saturated carbocycles. The van der Waals surface area contributed by atoms with Gasteiger partial charge in [0.05, 0.1) is 0 Å². The number of hydrogen-bond donors (Lipinski definition) is 2. The van der Waals surface area contributed by atoms with Crippen molar-refractivity contribution < 1.29 is 13.2 Å². The molecule has 8 heteroatoms. The SMILES string of the molecule is CCN1CCN(C(=O)CCNS(=O)(=O)NC2CCCC2)CC1. The van der Waals surface area contributed by atoms with Gasteiger partial charge in [0.2, 0.25) is 5.91 Å². The third-order valence-electron chi connectivity index (χ3n) is 4.48. The van der Waals surface area contributed by atoms with E-state index < -0.39 is 10.2 Å².